The largest absolute Gasteiger partial charge is 0.479 e. The highest BCUT2D eigenvalue weighted by atomic mass is 16.5. The van der Waals surface area contributed by atoms with Crippen LogP contribution in [0.2, 0.25) is 0 Å². The molecule has 0 spiro atoms. The predicted octanol–water partition coefficient (Wildman–Crippen LogP) is 2.02. The number of ether oxygens (including phenoxy) is 2. The van der Waals surface area contributed by atoms with Crippen molar-refractivity contribution in [1.29, 1.82) is 0 Å². The van der Waals surface area contributed by atoms with Crippen LogP contribution in [0.15, 0.2) is 6.33 Å². The summed E-state index contributed by atoms with van der Waals surface area (Å²) in [7, 11) is 1.53. The summed E-state index contributed by atoms with van der Waals surface area (Å²) in [6, 6.07) is 0. The molecular formula is C12H19N3O2. The number of rotatable bonds is 3. The van der Waals surface area contributed by atoms with Gasteiger partial charge >= 0.3 is 0 Å². The summed E-state index contributed by atoms with van der Waals surface area (Å²) in [6.45, 7) is 2.28. The van der Waals surface area contributed by atoms with Crippen LogP contribution in [0.5, 0.6) is 11.8 Å². The highest BCUT2D eigenvalue weighted by molar-refractivity contribution is 5.55. The number of hydrogen-bond donors (Lipinski definition) is 1. The minimum atomic E-state index is 0.216. The van der Waals surface area contributed by atoms with Crippen molar-refractivity contribution in [3.8, 4) is 11.8 Å². The monoisotopic (exact) mass is 237 g/mol. The van der Waals surface area contributed by atoms with E-state index in [1.54, 1.807) is 0 Å². The first-order chi connectivity index (χ1) is 8.20. The third kappa shape index (κ3) is 2.78. The van der Waals surface area contributed by atoms with Gasteiger partial charge in [-0.15, -0.1) is 0 Å². The maximum Gasteiger partial charge on any atom is 0.244 e. The fraction of sp³-hybridized carbons (Fsp3) is 0.667. The Labute approximate surface area is 101 Å². The topological polar surface area (TPSA) is 70.3 Å². The van der Waals surface area contributed by atoms with Gasteiger partial charge in [-0.05, 0) is 31.6 Å². The number of nitrogens with two attached hydrogens (primary N) is 1. The van der Waals surface area contributed by atoms with Crippen molar-refractivity contribution in [1.82, 2.24) is 9.97 Å². The summed E-state index contributed by atoms with van der Waals surface area (Å²) in [5.41, 5.74) is 6.25. The lowest BCUT2D eigenvalue weighted by molar-refractivity contribution is 0.130. The van der Waals surface area contributed by atoms with E-state index in [-0.39, 0.29) is 6.10 Å². The van der Waals surface area contributed by atoms with Crippen molar-refractivity contribution in [2.75, 3.05) is 12.8 Å². The maximum absolute atomic E-state index is 5.86. The summed E-state index contributed by atoms with van der Waals surface area (Å²) in [4.78, 5) is 7.99. The Morgan fingerprint density at radius 2 is 1.82 bits per heavy atom. The Kier molecular flexibility index (Phi) is 3.66. The smallest absolute Gasteiger partial charge is 0.244 e. The highest BCUT2D eigenvalue weighted by Gasteiger charge is 2.21. The van der Waals surface area contributed by atoms with Gasteiger partial charge in [0.25, 0.3) is 0 Å². The molecule has 1 fully saturated rings. The molecule has 5 nitrogen and oxygen atoms in total. The first-order valence-corrected chi connectivity index (χ1v) is 6.01. The van der Waals surface area contributed by atoms with Crippen LogP contribution in [0.25, 0.3) is 0 Å². The van der Waals surface area contributed by atoms with Crippen LogP contribution in [0.1, 0.15) is 32.6 Å². The second-order valence-corrected chi connectivity index (χ2v) is 4.60. The second kappa shape index (κ2) is 5.21. The Balaban J connectivity index is 2.03. The second-order valence-electron chi connectivity index (χ2n) is 4.60. The fourth-order valence-electron chi connectivity index (χ4n) is 2.13. The maximum atomic E-state index is 5.86. The van der Waals surface area contributed by atoms with E-state index in [9.17, 15) is 0 Å². The summed E-state index contributed by atoms with van der Waals surface area (Å²) >= 11 is 0. The zero-order valence-electron chi connectivity index (χ0n) is 10.3. The van der Waals surface area contributed by atoms with Crippen molar-refractivity contribution in [3.05, 3.63) is 6.33 Å². The van der Waals surface area contributed by atoms with Crippen molar-refractivity contribution in [2.45, 2.75) is 38.7 Å². The Morgan fingerprint density at radius 3 is 2.47 bits per heavy atom. The Bertz CT molecular complexity index is 376. The van der Waals surface area contributed by atoms with Crippen LogP contribution in [0.4, 0.5) is 5.69 Å². The molecule has 17 heavy (non-hydrogen) atoms. The molecule has 1 aliphatic rings. The number of anilines is 1. The van der Waals surface area contributed by atoms with Gasteiger partial charge in [0.15, 0.2) is 5.69 Å². The number of nitrogen functional groups attached to an aromatic ring is 1. The minimum absolute atomic E-state index is 0.216. The van der Waals surface area contributed by atoms with Crippen LogP contribution in [-0.2, 0) is 0 Å². The average Bonchev–Trinajstić information content (AvgIpc) is 2.35. The van der Waals surface area contributed by atoms with Gasteiger partial charge in [-0.3, -0.25) is 0 Å². The lowest BCUT2D eigenvalue weighted by Gasteiger charge is -2.26. The first kappa shape index (κ1) is 12.0. The molecule has 2 N–H and O–H groups in total. The molecule has 0 aliphatic heterocycles. The van der Waals surface area contributed by atoms with Crippen LogP contribution in [-0.4, -0.2) is 23.2 Å². The lowest BCUT2D eigenvalue weighted by atomic mass is 9.89. The molecule has 94 valence electrons. The summed E-state index contributed by atoms with van der Waals surface area (Å²) < 4.78 is 10.9. The zero-order chi connectivity index (χ0) is 12.3. The highest BCUT2D eigenvalue weighted by Crippen LogP contribution is 2.31. The minimum Gasteiger partial charge on any atom is -0.479 e. The van der Waals surface area contributed by atoms with E-state index in [4.69, 9.17) is 15.2 Å². The standard InChI is InChI=1S/C12H19N3O2/c1-8-3-5-9(6-4-8)17-12-10(13)11(16-2)14-7-15-12/h7-9H,3-6,13H2,1-2H3. The van der Waals surface area contributed by atoms with Gasteiger partial charge in [0.1, 0.15) is 12.4 Å². The molecule has 1 aromatic rings. The molecule has 0 atom stereocenters. The third-order valence-corrected chi connectivity index (χ3v) is 3.25. The van der Waals surface area contributed by atoms with E-state index >= 15 is 0 Å². The zero-order valence-corrected chi connectivity index (χ0v) is 10.3. The number of methoxy groups -OCH3 is 1. The van der Waals surface area contributed by atoms with Crippen molar-refractivity contribution < 1.29 is 9.47 Å². The molecule has 2 rings (SSSR count). The summed E-state index contributed by atoms with van der Waals surface area (Å²) in [5.74, 6) is 1.61. The van der Waals surface area contributed by atoms with Gasteiger partial charge in [-0.25, -0.2) is 0 Å². The van der Waals surface area contributed by atoms with Crippen molar-refractivity contribution in [3.63, 3.8) is 0 Å². The van der Waals surface area contributed by atoms with E-state index in [1.807, 2.05) is 0 Å². The lowest BCUT2D eigenvalue weighted by Crippen LogP contribution is -2.24. The van der Waals surface area contributed by atoms with Crippen LogP contribution in [0.3, 0.4) is 0 Å². The number of nitrogens with zero attached hydrogens (tertiary/aromatic N) is 2. The van der Waals surface area contributed by atoms with E-state index in [1.165, 1.54) is 26.3 Å². The average molecular weight is 237 g/mol. The molecule has 1 saturated carbocycles. The normalized spacial score (nSPS) is 24.4. The fourth-order valence-corrected chi connectivity index (χ4v) is 2.13. The van der Waals surface area contributed by atoms with Gasteiger partial charge < -0.3 is 15.2 Å². The molecule has 1 aliphatic carbocycles. The van der Waals surface area contributed by atoms with E-state index in [0.717, 1.165) is 18.8 Å². The number of hydrogen-bond acceptors (Lipinski definition) is 5. The molecule has 0 bridgehead atoms. The molecule has 0 amide bonds. The molecule has 0 saturated heterocycles. The van der Waals surface area contributed by atoms with Crippen LogP contribution >= 0.6 is 0 Å². The molecular weight excluding hydrogens is 218 g/mol. The molecule has 0 unspecified atom stereocenters. The Morgan fingerprint density at radius 1 is 1.18 bits per heavy atom. The summed E-state index contributed by atoms with van der Waals surface area (Å²) in [5, 5.41) is 0. The van der Waals surface area contributed by atoms with E-state index in [0.29, 0.717) is 17.4 Å². The number of aromatic nitrogens is 2. The molecule has 0 radical (unpaired) electrons. The van der Waals surface area contributed by atoms with Crippen molar-refractivity contribution in [2.24, 2.45) is 5.92 Å². The van der Waals surface area contributed by atoms with Gasteiger partial charge in [0, 0.05) is 0 Å². The molecule has 0 aromatic carbocycles. The molecule has 1 heterocycles. The predicted molar refractivity (Wildman–Crippen MR) is 65.0 cm³/mol. The van der Waals surface area contributed by atoms with Crippen LogP contribution in [0, 0.1) is 5.92 Å². The van der Waals surface area contributed by atoms with Gasteiger partial charge in [0.2, 0.25) is 11.8 Å². The van der Waals surface area contributed by atoms with Gasteiger partial charge in [-0.2, -0.15) is 9.97 Å². The summed E-state index contributed by atoms with van der Waals surface area (Å²) in [6.07, 6.45) is 6.16. The van der Waals surface area contributed by atoms with Crippen molar-refractivity contribution >= 4 is 5.69 Å². The first-order valence-electron chi connectivity index (χ1n) is 6.01. The molecule has 5 heteroatoms. The molecule has 1 aromatic heterocycles. The Hall–Kier alpha value is -1.52. The van der Waals surface area contributed by atoms with Gasteiger partial charge in [-0.1, -0.05) is 6.92 Å². The van der Waals surface area contributed by atoms with Gasteiger partial charge in [0.05, 0.1) is 7.11 Å². The SMILES string of the molecule is COc1ncnc(OC2CCC(C)CC2)c1N. The quantitative estimate of drug-likeness (QED) is 0.871. The van der Waals surface area contributed by atoms with E-state index < -0.39 is 0 Å². The third-order valence-electron chi connectivity index (χ3n) is 3.25. The van der Waals surface area contributed by atoms with E-state index in [2.05, 4.69) is 16.9 Å². The van der Waals surface area contributed by atoms with Crippen LogP contribution < -0.4 is 15.2 Å².